The van der Waals surface area contributed by atoms with Gasteiger partial charge in [0.25, 0.3) is 5.91 Å². The van der Waals surface area contributed by atoms with Crippen LogP contribution in [0.5, 0.6) is 5.75 Å². The second kappa shape index (κ2) is 8.29. The van der Waals surface area contributed by atoms with Gasteiger partial charge in [0.15, 0.2) is 22.6 Å². The fraction of sp³-hybridized carbons (Fsp3) is 0.348. The van der Waals surface area contributed by atoms with Crippen molar-refractivity contribution < 1.29 is 36.2 Å². The molecule has 3 aromatic rings. The number of carbonyl (C=O) groups excluding carboxylic acids is 1. The molecule has 1 aromatic carbocycles. The molecule has 12 heteroatoms. The third-order valence-electron chi connectivity index (χ3n) is 6.58. The predicted octanol–water partition coefficient (Wildman–Crippen LogP) is 4.12. The minimum absolute atomic E-state index is 0.0605. The molecule has 1 amide bonds. The standard InChI is InChI=1S/C23H20F5N3O4/c1-9-16(11-4-6-12(24)17(25)18(11)34-3)19(35-22(9,2)23(26,27)28)14-8-15(32)10-5-7-13(20(29)33)30-21(10)31-14/h4-9,16,19H,1-3H3,(H2,29,33)(H,30,31,32)/t9-,16-,19-,22+/m0/s1. The minimum Gasteiger partial charge on any atom is -0.493 e. The number of aromatic nitrogens is 2. The van der Waals surface area contributed by atoms with Crippen LogP contribution < -0.4 is 15.9 Å². The van der Waals surface area contributed by atoms with Gasteiger partial charge >= 0.3 is 6.18 Å². The molecule has 4 atom stereocenters. The molecule has 2 aromatic heterocycles. The number of nitrogens with zero attached hydrogens (tertiary/aromatic N) is 1. The summed E-state index contributed by atoms with van der Waals surface area (Å²) in [5.41, 5.74) is 1.46. The zero-order valence-corrected chi connectivity index (χ0v) is 18.7. The summed E-state index contributed by atoms with van der Waals surface area (Å²) in [6.07, 6.45) is -6.31. The number of carbonyl (C=O) groups is 1. The Hall–Kier alpha value is -3.54. The molecule has 1 aliphatic rings. The van der Waals surface area contributed by atoms with Gasteiger partial charge in [-0.1, -0.05) is 13.0 Å². The van der Waals surface area contributed by atoms with Gasteiger partial charge in [-0.15, -0.1) is 0 Å². The number of fused-ring (bicyclic) bond motifs is 1. The molecule has 1 fully saturated rings. The molecule has 0 aliphatic carbocycles. The molecule has 3 N–H and O–H groups in total. The van der Waals surface area contributed by atoms with E-state index in [1.54, 1.807) is 0 Å². The highest BCUT2D eigenvalue weighted by atomic mass is 19.4. The molecule has 0 unspecified atom stereocenters. The van der Waals surface area contributed by atoms with Gasteiger partial charge in [0, 0.05) is 23.5 Å². The molecule has 3 heterocycles. The number of hydrogen-bond acceptors (Lipinski definition) is 5. The van der Waals surface area contributed by atoms with Crippen LogP contribution >= 0.6 is 0 Å². The third-order valence-corrected chi connectivity index (χ3v) is 6.58. The largest absolute Gasteiger partial charge is 0.493 e. The van der Waals surface area contributed by atoms with Crippen molar-refractivity contribution in [1.29, 1.82) is 0 Å². The van der Waals surface area contributed by atoms with E-state index in [1.165, 1.54) is 19.1 Å². The predicted molar refractivity (Wildman–Crippen MR) is 114 cm³/mol. The highest BCUT2D eigenvalue weighted by molar-refractivity contribution is 5.93. The molecular formula is C23H20F5N3O4. The van der Waals surface area contributed by atoms with Gasteiger partial charge in [-0.2, -0.15) is 17.6 Å². The Morgan fingerprint density at radius 2 is 1.91 bits per heavy atom. The zero-order valence-electron chi connectivity index (χ0n) is 18.7. The lowest BCUT2D eigenvalue weighted by atomic mass is 9.76. The van der Waals surface area contributed by atoms with Gasteiger partial charge in [0.2, 0.25) is 5.82 Å². The number of halogens is 5. The number of rotatable bonds is 4. The van der Waals surface area contributed by atoms with Crippen LogP contribution in [0.1, 0.15) is 47.6 Å². The Labute approximate surface area is 195 Å². The Balaban J connectivity index is 1.97. The van der Waals surface area contributed by atoms with E-state index in [9.17, 15) is 31.5 Å². The first-order chi connectivity index (χ1) is 16.3. The van der Waals surface area contributed by atoms with E-state index in [0.29, 0.717) is 0 Å². The maximum atomic E-state index is 14.5. The Morgan fingerprint density at radius 1 is 1.23 bits per heavy atom. The van der Waals surface area contributed by atoms with E-state index in [4.69, 9.17) is 15.2 Å². The second-order valence-electron chi connectivity index (χ2n) is 8.49. The number of methoxy groups -OCH3 is 1. The molecule has 0 radical (unpaired) electrons. The number of pyridine rings is 2. The summed E-state index contributed by atoms with van der Waals surface area (Å²) in [5, 5.41) is 0.0605. The number of nitrogens with two attached hydrogens (primary N) is 1. The topological polar surface area (TPSA) is 107 Å². The Kier molecular flexibility index (Phi) is 5.82. The summed E-state index contributed by atoms with van der Waals surface area (Å²) in [5.74, 6) is -6.60. The van der Waals surface area contributed by atoms with Crippen LogP contribution in [0.4, 0.5) is 22.0 Å². The van der Waals surface area contributed by atoms with E-state index in [2.05, 4.69) is 9.97 Å². The van der Waals surface area contributed by atoms with E-state index in [-0.39, 0.29) is 28.0 Å². The van der Waals surface area contributed by atoms with Gasteiger partial charge < -0.3 is 20.2 Å². The quantitative estimate of drug-likeness (QED) is 0.528. The van der Waals surface area contributed by atoms with Crippen molar-refractivity contribution in [2.24, 2.45) is 11.7 Å². The minimum atomic E-state index is -4.85. The lowest BCUT2D eigenvalue weighted by molar-refractivity contribution is -0.275. The smallest absolute Gasteiger partial charge is 0.417 e. The fourth-order valence-corrected chi connectivity index (χ4v) is 4.52. The summed E-state index contributed by atoms with van der Waals surface area (Å²) in [6.45, 7) is 2.11. The first kappa shape index (κ1) is 24.6. The van der Waals surface area contributed by atoms with E-state index in [0.717, 1.165) is 32.2 Å². The lowest BCUT2D eigenvalue weighted by Gasteiger charge is -2.32. The number of benzene rings is 1. The second-order valence-corrected chi connectivity index (χ2v) is 8.49. The zero-order chi connectivity index (χ0) is 25.9. The van der Waals surface area contributed by atoms with Gasteiger partial charge in [-0.25, -0.2) is 9.37 Å². The summed E-state index contributed by atoms with van der Waals surface area (Å²) in [6, 6.07) is 5.50. The molecule has 0 saturated carbocycles. The first-order valence-electron chi connectivity index (χ1n) is 10.4. The highest BCUT2D eigenvalue weighted by Crippen LogP contribution is 2.59. The molecule has 1 saturated heterocycles. The molecule has 1 aliphatic heterocycles. The highest BCUT2D eigenvalue weighted by Gasteiger charge is 2.65. The van der Waals surface area contributed by atoms with Gasteiger partial charge in [0.1, 0.15) is 17.4 Å². The maximum absolute atomic E-state index is 14.5. The normalized spacial score (nSPS) is 24.6. The number of aromatic amines is 1. The van der Waals surface area contributed by atoms with E-state index >= 15 is 0 Å². The average Bonchev–Trinajstić information content (AvgIpc) is 3.07. The molecule has 4 rings (SSSR count). The molecule has 35 heavy (non-hydrogen) atoms. The fourth-order valence-electron chi connectivity index (χ4n) is 4.52. The summed E-state index contributed by atoms with van der Waals surface area (Å²) >= 11 is 0. The number of hydrogen-bond donors (Lipinski definition) is 2. The van der Waals surface area contributed by atoms with Crippen LogP contribution in [0.25, 0.3) is 11.0 Å². The molecule has 0 bridgehead atoms. The van der Waals surface area contributed by atoms with Crippen molar-refractivity contribution in [3.63, 3.8) is 0 Å². The Bertz CT molecular complexity index is 1390. The summed E-state index contributed by atoms with van der Waals surface area (Å²) in [7, 11) is 1.06. The average molecular weight is 497 g/mol. The lowest BCUT2D eigenvalue weighted by Crippen LogP contribution is -2.46. The van der Waals surface area contributed by atoms with Gasteiger partial charge in [-0.3, -0.25) is 9.59 Å². The van der Waals surface area contributed by atoms with Crippen LogP contribution in [-0.2, 0) is 4.74 Å². The number of amides is 1. The van der Waals surface area contributed by atoms with E-state index < -0.39 is 58.4 Å². The van der Waals surface area contributed by atoms with Crippen molar-refractivity contribution in [2.75, 3.05) is 7.11 Å². The molecule has 186 valence electrons. The molecule has 0 spiro atoms. The van der Waals surface area contributed by atoms with Crippen molar-refractivity contribution in [3.8, 4) is 5.75 Å². The van der Waals surface area contributed by atoms with Gasteiger partial charge in [0.05, 0.1) is 18.2 Å². The van der Waals surface area contributed by atoms with Crippen LogP contribution in [0, 0.1) is 17.6 Å². The van der Waals surface area contributed by atoms with Gasteiger partial charge in [-0.05, 0) is 25.1 Å². The first-order valence-corrected chi connectivity index (χ1v) is 10.4. The van der Waals surface area contributed by atoms with Crippen molar-refractivity contribution in [2.45, 2.75) is 37.6 Å². The number of H-pyrrole nitrogens is 1. The van der Waals surface area contributed by atoms with Crippen LogP contribution in [0.15, 0.2) is 35.1 Å². The number of primary amides is 1. The number of ether oxygens (including phenoxy) is 2. The monoisotopic (exact) mass is 497 g/mol. The number of alkyl halides is 3. The van der Waals surface area contributed by atoms with Crippen LogP contribution in [-0.4, -0.2) is 34.8 Å². The SMILES string of the molecule is COc1c([C@H]2[C@H](c3cc(=O)c4ccc(C(N)=O)nc4[nH]3)O[C@@](C)(C(F)(F)F)[C@H]2C)ccc(F)c1F. The van der Waals surface area contributed by atoms with Crippen LogP contribution in [0.2, 0.25) is 0 Å². The van der Waals surface area contributed by atoms with Crippen molar-refractivity contribution in [3.05, 3.63) is 69.1 Å². The van der Waals surface area contributed by atoms with E-state index in [1.807, 2.05) is 0 Å². The number of nitrogens with one attached hydrogen (secondary N) is 1. The van der Waals surface area contributed by atoms with Crippen LogP contribution in [0.3, 0.4) is 0 Å². The molecule has 7 nitrogen and oxygen atoms in total. The maximum Gasteiger partial charge on any atom is 0.417 e. The summed E-state index contributed by atoms with van der Waals surface area (Å²) < 4.78 is 81.4. The van der Waals surface area contributed by atoms with Crippen molar-refractivity contribution in [1.82, 2.24) is 9.97 Å². The third kappa shape index (κ3) is 3.81. The summed E-state index contributed by atoms with van der Waals surface area (Å²) in [4.78, 5) is 31.0. The van der Waals surface area contributed by atoms with Crippen molar-refractivity contribution >= 4 is 16.9 Å². The molecular weight excluding hydrogens is 477 g/mol. The Morgan fingerprint density at radius 3 is 2.51 bits per heavy atom.